The van der Waals surface area contributed by atoms with Crippen LogP contribution in [0.1, 0.15) is 17.3 Å². The summed E-state index contributed by atoms with van der Waals surface area (Å²) in [5.74, 6) is -0.0553. The summed E-state index contributed by atoms with van der Waals surface area (Å²) < 4.78 is 0. The number of carbonyl (C=O) groups is 3. The average molecular weight is 191 g/mol. The van der Waals surface area contributed by atoms with Crippen molar-refractivity contribution in [3.63, 3.8) is 0 Å². The van der Waals surface area contributed by atoms with E-state index in [1.165, 1.54) is 6.92 Å². The molecule has 0 bridgehead atoms. The van der Waals surface area contributed by atoms with Crippen molar-refractivity contribution in [2.75, 3.05) is 4.90 Å². The first-order valence-electron chi connectivity index (χ1n) is 3.99. The Morgan fingerprint density at radius 2 is 1.64 bits per heavy atom. The van der Waals surface area contributed by atoms with Crippen molar-refractivity contribution < 1.29 is 14.4 Å². The molecule has 4 nitrogen and oxygen atoms in total. The van der Waals surface area contributed by atoms with E-state index in [4.69, 9.17) is 0 Å². The lowest BCUT2D eigenvalue weighted by Crippen LogP contribution is -2.18. The lowest BCUT2D eigenvalue weighted by Gasteiger charge is -2.08. The minimum absolute atomic E-state index is 0.0553. The summed E-state index contributed by atoms with van der Waals surface area (Å²) in [5, 5.41) is 0. The maximum Gasteiger partial charge on any atom is 0.220 e. The highest BCUT2D eigenvalue weighted by atomic mass is 16.2. The molecule has 0 fully saturated rings. The Morgan fingerprint density at radius 1 is 1.14 bits per heavy atom. The van der Waals surface area contributed by atoms with Crippen molar-refractivity contribution in [1.82, 2.24) is 0 Å². The third-order valence-electron chi connectivity index (χ3n) is 1.80. The summed E-state index contributed by atoms with van der Waals surface area (Å²) in [7, 11) is 0. The zero-order valence-electron chi connectivity index (χ0n) is 7.64. The van der Waals surface area contributed by atoms with Crippen LogP contribution in [0.25, 0.3) is 0 Å². The molecule has 0 aliphatic carbocycles. The van der Waals surface area contributed by atoms with E-state index in [2.05, 4.69) is 0 Å². The van der Waals surface area contributed by atoms with Gasteiger partial charge >= 0.3 is 0 Å². The minimum Gasteiger partial charge on any atom is -0.295 e. The maximum absolute atomic E-state index is 10.9. The van der Waals surface area contributed by atoms with Crippen molar-refractivity contribution in [2.24, 2.45) is 0 Å². The largest absolute Gasteiger partial charge is 0.295 e. The van der Waals surface area contributed by atoms with Crippen LogP contribution in [-0.2, 0) is 9.59 Å². The molecule has 0 heterocycles. The van der Waals surface area contributed by atoms with Gasteiger partial charge in [0.1, 0.15) is 0 Å². The molecule has 2 amide bonds. The van der Waals surface area contributed by atoms with Crippen molar-refractivity contribution in [1.29, 1.82) is 0 Å². The molecule has 0 aliphatic heterocycles. The summed E-state index contributed by atoms with van der Waals surface area (Å²) in [4.78, 5) is 32.6. The summed E-state index contributed by atoms with van der Waals surface area (Å²) in [6.07, 6.45) is 0.825. The SMILES string of the molecule is CC(=O)c1ccc(N(C=O)C=O)cc1. The van der Waals surface area contributed by atoms with E-state index in [1.807, 2.05) is 0 Å². The molecule has 4 heteroatoms. The number of carbonyl (C=O) groups excluding carboxylic acids is 3. The molecule has 0 atom stereocenters. The topological polar surface area (TPSA) is 54.5 Å². The Labute approximate surface area is 81.1 Å². The van der Waals surface area contributed by atoms with E-state index in [0.29, 0.717) is 24.1 Å². The Bertz CT molecular complexity index is 348. The number of amides is 2. The predicted octanol–water partition coefficient (Wildman–Crippen LogP) is 1.01. The van der Waals surface area contributed by atoms with Crippen molar-refractivity contribution in [2.45, 2.75) is 6.92 Å². The Balaban J connectivity index is 2.98. The number of imide groups is 1. The van der Waals surface area contributed by atoms with E-state index < -0.39 is 0 Å². The minimum atomic E-state index is -0.0553. The standard InChI is InChI=1S/C10H9NO3/c1-8(14)9-2-4-10(5-3-9)11(6-12)7-13/h2-7H,1H3. The molecule has 0 unspecified atom stereocenters. The van der Waals surface area contributed by atoms with Crippen LogP contribution in [0.3, 0.4) is 0 Å². The van der Waals surface area contributed by atoms with E-state index >= 15 is 0 Å². The van der Waals surface area contributed by atoms with Gasteiger partial charge in [0, 0.05) is 5.56 Å². The second kappa shape index (κ2) is 4.32. The summed E-state index contributed by atoms with van der Waals surface area (Å²) in [6.45, 7) is 1.45. The summed E-state index contributed by atoms with van der Waals surface area (Å²) in [5.41, 5.74) is 0.991. The van der Waals surface area contributed by atoms with Gasteiger partial charge < -0.3 is 0 Å². The van der Waals surface area contributed by atoms with Crippen LogP contribution in [0, 0.1) is 0 Å². The molecule has 1 aromatic carbocycles. The van der Waals surface area contributed by atoms with Gasteiger partial charge in [-0.3, -0.25) is 19.3 Å². The number of anilines is 1. The Hall–Kier alpha value is -1.97. The fourth-order valence-electron chi connectivity index (χ4n) is 1.01. The van der Waals surface area contributed by atoms with Crippen LogP contribution in [0.15, 0.2) is 24.3 Å². The maximum atomic E-state index is 10.9. The van der Waals surface area contributed by atoms with Gasteiger partial charge in [0.2, 0.25) is 12.8 Å². The number of Topliss-reactive ketones (excluding diaryl/α,β-unsaturated/α-hetero) is 1. The van der Waals surface area contributed by atoms with Crippen LogP contribution in [0.2, 0.25) is 0 Å². The zero-order valence-corrected chi connectivity index (χ0v) is 7.64. The highest BCUT2D eigenvalue weighted by Gasteiger charge is 2.04. The average Bonchev–Trinajstić information content (AvgIpc) is 2.20. The van der Waals surface area contributed by atoms with Crippen LogP contribution < -0.4 is 4.90 Å². The molecule has 0 saturated heterocycles. The van der Waals surface area contributed by atoms with Gasteiger partial charge in [-0.05, 0) is 31.2 Å². The molecule has 0 saturated carbocycles. The molecule has 72 valence electrons. The van der Waals surface area contributed by atoms with Crippen LogP contribution >= 0.6 is 0 Å². The third kappa shape index (κ3) is 2.04. The smallest absolute Gasteiger partial charge is 0.220 e. The molecule has 0 aliphatic rings. The van der Waals surface area contributed by atoms with Crippen molar-refractivity contribution >= 4 is 24.3 Å². The van der Waals surface area contributed by atoms with Gasteiger partial charge in [-0.1, -0.05) is 0 Å². The molecular weight excluding hydrogens is 182 g/mol. The summed E-state index contributed by atoms with van der Waals surface area (Å²) in [6, 6.07) is 6.22. The van der Waals surface area contributed by atoms with Gasteiger partial charge in [-0.25, -0.2) is 0 Å². The van der Waals surface area contributed by atoms with Gasteiger partial charge in [0.25, 0.3) is 0 Å². The highest BCUT2D eigenvalue weighted by Crippen LogP contribution is 2.12. The first-order valence-corrected chi connectivity index (χ1v) is 3.99. The molecule has 0 radical (unpaired) electrons. The van der Waals surface area contributed by atoms with Crippen LogP contribution in [0.4, 0.5) is 5.69 Å². The highest BCUT2D eigenvalue weighted by molar-refractivity contribution is 5.97. The normalized spacial score (nSPS) is 9.21. The molecule has 14 heavy (non-hydrogen) atoms. The number of nitrogens with zero attached hydrogens (tertiary/aromatic N) is 1. The second-order valence-corrected chi connectivity index (χ2v) is 2.72. The number of hydrogen-bond donors (Lipinski definition) is 0. The molecule has 0 spiro atoms. The van der Waals surface area contributed by atoms with Crippen molar-refractivity contribution in [3.8, 4) is 0 Å². The molecule has 0 N–H and O–H groups in total. The number of benzene rings is 1. The van der Waals surface area contributed by atoms with Gasteiger partial charge in [-0.15, -0.1) is 0 Å². The van der Waals surface area contributed by atoms with Gasteiger partial charge in [-0.2, -0.15) is 0 Å². The van der Waals surface area contributed by atoms with E-state index in [9.17, 15) is 14.4 Å². The van der Waals surface area contributed by atoms with E-state index in [-0.39, 0.29) is 5.78 Å². The van der Waals surface area contributed by atoms with Crippen LogP contribution in [-0.4, -0.2) is 18.6 Å². The fraction of sp³-hybridized carbons (Fsp3) is 0.100. The Morgan fingerprint density at radius 3 is 2.00 bits per heavy atom. The second-order valence-electron chi connectivity index (χ2n) is 2.72. The van der Waals surface area contributed by atoms with Gasteiger partial charge in [0.15, 0.2) is 5.78 Å². The number of rotatable bonds is 4. The van der Waals surface area contributed by atoms with Crippen molar-refractivity contribution in [3.05, 3.63) is 29.8 Å². The molecular formula is C10H9NO3. The number of ketones is 1. The zero-order chi connectivity index (χ0) is 10.6. The quantitative estimate of drug-likeness (QED) is 0.527. The molecule has 1 aromatic rings. The van der Waals surface area contributed by atoms with Crippen LogP contribution in [0.5, 0.6) is 0 Å². The summed E-state index contributed by atoms with van der Waals surface area (Å²) >= 11 is 0. The first-order chi connectivity index (χ1) is 6.69. The predicted molar refractivity (Wildman–Crippen MR) is 51.1 cm³/mol. The fourth-order valence-corrected chi connectivity index (χ4v) is 1.01. The van der Waals surface area contributed by atoms with E-state index in [1.54, 1.807) is 24.3 Å². The Kier molecular flexibility index (Phi) is 3.12. The molecule has 1 rings (SSSR count). The third-order valence-corrected chi connectivity index (χ3v) is 1.80. The lowest BCUT2D eigenvalue weighted by molar-refractivity contribution is -0.113. The lowest BCUT2D eigenvalue weighted by atomic mass is 10.1. The first kappa shape index (κ1) is 10.1. The monoisotopic (exact) mass is 191 g/mol. The number of hydrogen-bond acceptors (Lipinski definition) is 3. The van der Waals surface area contributed by atoms with Gasteiger partial charge in [0.05, 0.1) is 5.69 Å². The molecule has 0 aromatic heterocycles. The van der Waals surface area contributed by atoms with E-state index in [0.717, 1.165) is 4.90 Å².